The molecule has 2 N–H and O–H groups in total. The van der Waals surface area contributed by atoms with Crippen molar-refractivity contribution in [1.82, 2.24) is 4.72 Å². The summed E-state index contributed by atoms with van der Waals surface area (Å²) >= 11 is 0. The lowest BCUT2D eigenvalue weighted by Gasteiger charge is -2.17. The number of carbonyl (C=O) groups excluding carboxylic acids is 1. The largest absolute Gasteiger partial charge is 0.496 e. The predicted octanol–water partition coefficient (Wildman–Crippen LogP) is 1.93. The molecule has 0 unspecified atom stereocenters. The number of anilines is 1. The molecule has 29 heavy (non-hydrogen) atoms. The third-order valence-corrected chi connectivity index (χ3v) is 6.15. The Labute approximate surface area is 169 Å². The molecule has 0 radical (unpaired) electrons. The van der Waals surface area contributed by atoms with E-state index in [9.17, 15) is 18.0 Å². The lowest BCUT2D eigenvalue weighted by atomic mass is 10.2. The van der Waals surface area contributed by atoms with E-state index in [1.165, 1.54) is 18.1 Å². The van der Waals surface area contributed by atoms with Gasteiger partial charge in [-0.25, -0.2) is 13.1 Å². The zero-order chi connectivity index (χ0) is 21.0. The molecule has 8 nitrogen and oxygen atoms in total. The van der Waals surface area contributed by atoms with Crippen molar-refractivity contribution < 1.29 is 27.9 Å². The molecule has 0 spiro atoms. The van der Waals surface area contributed by atoms with Crippen LogP contribution in [0, 0.1) is 0 Å². The number of hydrogen-bond acceptors (Lipinski definition) is 5. The van der Waals surface area contributed by atoms with Gasteiger partial charge in [0.1, 0.15) is 5.75 Å². The average molecular weight is 418 g/mol. The van der Waals surface area contributed by atoms with E-state index in [0.717, 1.165) is 11.1 Å². The van der Waals surface area contributed by atoms with Crippen LogP contribution in [0.1, 0.15) is 24.0 Å². The lowest BCUT2D eigenvalue weighted by Crippen LogP contribution is -2.29. The van der Waals surface area contributed by atoms with Crippen molar-refractivity contribution in [3.8, 4) is 5.75 Å². The SMILES string of the molecule is COc1ccccc1CNS(=O)(=O)c1ccc2c(c1)CCN2C(=O)CCC(=O)O. The van der Waals surface area contributed by atoms with Gasteiger partial charge in [0.2, 0.25) is 15.9 Å². The van der Waals surface area contributed by atoms with E-state index >= 15 is 0 Å². The van der Waals surface area contributed by atoms with E-state index in [1.54, 1.807) is 36.4 Å². The van der Waals surface area contributed by atoms with Gasteiger partial charge >= 0.3 is 5.97 Å². The van der Waals surface area contributed by atoms with E-state index < -0.39 is 16.0 Å². The Bertz CT molecular complexity index is 1040. The first-order chi connectivity index (χ1) is 13.8. The highest BCUT2D eigenvalue weighted by Gasteiger charge is 2.26. The number of carbonyl (C=O) groups is 2. The summed E-state index contributed by atoms with van der Waals surface area (Å²) in [6.07, 6.45) is 0.198. The normalized spacial score (nSPS) is 13.2. The molecule has 9 heteroatoms. The molecule has 0 atom stereocenters. The van der Waals surface area contributed by atoms with Gasteiger partial charge in [-0.05, 0) is 36.2 Å². The Morgan fingerprint density at radius 1 is 1.17 bits per heavy atom. The second-order valence-corrected chi connectivity index (χ2v) is 8.38. The number of hydrogen-bond donors (Lipinski definition) is 2. The maximum absolute atomic E-state index is 12.7. The molecule has 2 aromatic carbocycles. The molecule has 0 aromatic heterocycles. The van der Waals surface area contributed by atoms with Crippen LogP contribution in [0.5, 0.6) is 5.75 Å². The first-order valence-electron chi connectivity index (χ1n) is 9.08. The fourth-order valence-corrected chi connectivity index (χ4v) is 4.32. The van der Waals surface area contributed by atoms with Crippen molar-refractivity contribution in [2.45, 2.75) is 30.7 Å². The number of ether oxygens (including phenoxy) is 1. The number of nitrogens with one attached hydrogen (secondary N) is 1. The van der Waals surface area contributed by atoms with E-state index in [0.29, 0.717) is 24.4 Å². The standard InChI is InChI=1S/C20H22N2O6S/c1-28-18-5-3-2-4-15(18)13-21-29(26,27)16-6-7-17-14(12-16)10-11-22(17)19(23)8-9-20(24)25/h2-7,12,21H,8-11,13H2,1H3,(H,24,25). The fourth-order valence-electron chi connectivity index (χ4n) is 3.26. The van der Waals surface area contributed by atoms with Gasteiger partial charge in [-0.3, -0.25) is 9.59 Å². The number of nitrogens with zero attached hydrogens (tertiary/aromatic N) is 1. The molecule has 0 saturated heterocycles. The second-order valence-electron chi connectivity index (χ2n) is 6.62. The van der Waals surface area contributed by atoms with Crippen LogP contribution in [-0.4, -0.2) is 39.1 Å². The Balaban J connectivity index is 1.73. The highest BCUT2D eigenvalue weighted by molar-refractivity contribution is 7.89. The van der Waals surface area contributed by atoms with Crippen molar-refractivity contribution in [3.63, 3.8) is 0 Å². The fraction of sp³-hybridized carbons (Fsp3) is 0.300. The molecule has 154 valence electrons. The summed E-state index contributed by atoms with van der Waals surface area (Å²) in [6, 6.07) is 11.8. The van der Waals surface area contributed by atoms with Crippen LogP contribution in [0.2, 0.25) is 0 Å². The Hall–Kier alpha value is -2.91. The first-order valence-corrected chi connectivity index (χ1v) is 10.6. The number of rotatable bonds is 8. The monoisotopic (exact) mass is 418 g/mol. The van der Waals surface area contributed by atoms with E-state index in [1.807, 2.05) is 0 Å². The van der Waals surface area contributed by atoms with Gasteiger partial charge < -0.3 is 14.7 Å². The quantitative estimate of drug-likeness (QED) is 0.677. The minimum absolute atomic E-state index is 0.0865. The summed E-state index contributed by atoms with van der Waals surface area (Å²) in [5.41, 5.74) is 2.09. The highest BCUT2D eigenvalue weighted by atomic mass is 32.2. The van der Waals surface area contributed by atoms with E-state index in [4.69, 9.17) is 9.84 Å². The molecule has 3 rings (SSSR count). The van der Waals surface area contributed by atoms with Gasteiger partial charge in [-0.1, -0.05) is 18.2 Å². The van der Waals surface area contributed by atoms with E-state index in [-0.39, 0.29) is 30.2 Å². The zero-order valence-corrected chi connectivity index (χ0v) is 16.7. The molecule has 0 fully saturated rings. The first kappa shape index (κ1) is 20.8. The maximum Gasteiger partial charge on any atom is 0.303 e. The van der Waals surface area contributed by atoms with Gasteiger partial charge in [0.15, 0.2) is 0 Å². The number of carboxylic acids is 1. The van der Waals surface area contributed by atoms with Gasteiger partial charge in [0, 0.05) is 30.8 Å². The number of para-hydroxylation sites is 1. The number of sulfonamides is 1. The molecule has 1 aliphatic heterocycles. The van der Waals surface area contributed by atoms with Gasteiger partial charge in [-0.2, -0.15) is 0 Å². The van der Waals surface area contributed by atoms with Crippen LogP contribution in [0.4, 0.5) is 5.69 Å². The topological polar surface area (TPSA) is 113 Å². The minimum atomic E-state index is -3.75. The molecule has 0 bridgehead atoms. The Morgan fingerprint density at radius 2 is 1.93 bits per heavy atom. The molecular weight excluding hydrogens is 396 g/mol. The summed E-state index contributed by atoms with van der Waals surface area (Å²) in [4.78, 5) is 24.5. The van der Waals surface area contributed by atoms with Crippen LogP contribution in [0.15, 0.2) is 47.4 Å². The number of fused-ring (bicyclic) bond motifs is 1. The molecular formula is C20H22N2O6S. The van der Waals surface area contributed by atoms with Crippen molar-refractivity contribution in [2.24, 2.45) is 0 Å². The summed E-state index contributed by atoms with van der Waals surface area (Å²) in [6.45, 7) is 0.495. The summed E-state index contributed by atoms with van der Waals surface area (Å²) in [5, 5.41) is 8.74. The molecule has 2 aromatic rings. The summed E-state index contributed by atoms with van der Waals surface area (Å²) in [7, 11) is -2.23. The number of amides is 1. The third kappa shape index (κ3) is 4.75. The number of aliphatic carboxylic acids is 1. The van der Waals surface area contributed by atoms with Crippen molar-refractivity contribution in [1.29, 1.82) is 0 Å². The summed E-state index contributed by atoms with van der Waals surface area (Å²) in [5.74, 6) is -0.712. The van der Waals surface area contributed by atoms with Crippen molar-refractivity contribution in [2.75, 3.05) is 18.6 Å². The molecule has 1 amide bonds. The molecule has 0 saturated carbocycles. The van der Waals surface area contributed by atoms with Crippen LogP contribution < -0.4 is 14.4 Å². The average Bonchev–Trinajstić information content (AvgIpc) is 3.14. The van der Waals surface area contributed by atoms with Gasteiger partial charge in [-0.15, -0.1) is 0 Å². The minimum Gasteiger partial charge on any atom is -0.496 e. The van der Waals surface area contributed by atoms with Crippen LogP contribution in [0.25, 0.3) is 0 Å². The maximum atomic E-state index is 12.7. The molecule has 1 heterocycles. The molecule has 1 aliphatic rings. The number of benzene rings is 2. The van der Waals surface area contributed by atoms with Gasteiger partial charge in [0.25, 0.3) is 0 Å². The second kappa shape index (κ2) is 8.62. The zero-order valence-electron chi connectivity index (χ0n) is 15.9. The summed E-state index contributed by atoms with van der Waals surface area (Å²) < 4.78 is 33.2. The van der Waals surface area contributed by atoms with Crippen LogP contribution in [-0.2, 0) is 32.6 Å². The van der Waals surface area contributed by atoms with Crippen LogP contribution in [0.3, 0.4) is 0 Å². The smallest absolute Gasteiger partial charge is 0.303 e. The third-order valence-electron chi connectivity index (χ3n) is 4.76. The highest BCUT2D eigenvalue weighted by Crippen LogP contribution is 2.31. The Morgan fingerprint density at radius 3 is 2.66 bits per heavy atom. The van der Waals surface area contributed by atoms with Crippen LogP contribution >= 0.6 is 0 Å². The van der Waals surface area contributed by atoms with Gasteiger partial charge in [0.05, 0.1) is 18.4 Å². The predicted molar refractivity (Wildman–Crippen MR) is 106 cm³/mol. The number of methoxy groups -OCH3 is 1. The van der Waals surface area contributed by atoms with Crippen molar-refractivity contribution >= 4 is 27.6 Å². The van der Waals surface area contributed by atoms with E-state index in [2.05, 4.69) is 4.72 Å². The Kier molecular flexibility index (Phi) is 6.19. The molecule has 0 aliphatic carbocycles. The number of carboxylic acid groups (broad SMARTS) is 1. The van der Waals surface area contributed by atoms with Crippen molar-refractivity contribution in [3.05, 3.63) is 53.6 Å². The lowest BCUT2D eigenvalue weighted by molar-refractivity contribution is -0.138.